The second kappa shape index (κ2) is 6.37. The van der Waals surface area contributed by atoms with Gasteiger partial charge in [0.1, 0.15) is 5.82 Å². The average molecular weight is 208 g/mol. The summed E-state index contributed by atoms with van der Waals surface area (Å²) in [7, 11) is 0. The Hall–Kier alpha value is -1.13. The molecule has 15 heavy (non-hydrogen) atoms. The summed E-state index contributed by atoms with van der Waals surface area (Å²) in [5.41, 5.74) is 3.62. The van der Waals surface area contributed by atoms with Crippen LogP contribution in [0.2, 0.25) is 0 Å². The third-order valence-electron chi connectivity index (χ3n) is 2.33. The van der Waals surface area contributed by atoms with Crippen molar-refractivity contribution < 1.29 is 0 Å². The highest BCUT2D eigenvalue weighted by Crippen LogP contribution is 2.06. The normalized spacial score (nSPS) is 10.7. The number of hydrogen-bond donors (Lipinski definition) is 2. The minimum absolute atomic E-state index is 0.722. The molecule has 0 atom stereocenters. The summed E-state index contributed by atoms with van der Waals surface area (Å²) in [6.07, 6.45) is 1.17. The van der Waals surface area contributed by atoms with Gasteiger partial charge in [-0.05, 0) is 31.6 Å². The van der Waals surface area contributed by atoms with Gasteiger partial charge in [-0.2, -0.15) is 0 Å². The zero-order valence-electron chi connectivity index (χ0n) is 9.53. The molecule has 1 aromatic heterocycles. The summed E-state index contributed by atoms with van der Waals surface area (Å²) >= 11 is 0. The molecule has 0 radical (unpaired) electrons. The number of hydrazine groups is 1. The van der Waals surface area contributed by atoms with Crippen LogP contribution in [0.1, 0.15) is 26.0 Å². The van der Waals surface area contributed by atoms with Crippen molar-refractivity contribution in [3.05, 3.63) is 23.9 Å². The number of nitrogen functional groups attached to an aromatic ring is 1. The summed E-state index contributed by atoms with van der Waals surface area (Å²) in [5.74, 6) is 6.04. The first-order valence-corrected chi connectivity index (χ1v) is 5.45. The number of aromatic nitrogens is 1. The maximum absolute atomic E-state index is 5.31. The highest BCUT2D eigenvalue weighted by atomic mass is 15.3. The second-order valence-electron chi connectivity index (χ2n) is 3.53. The van der Waals surface area contributed by atoms with Gasteiger partial charge in [0.2, 0.25) is 0 Å². The van der Waals surface area contributed by atoms with E-state index in [9.17, 15) is 0 Å². The SMILES string of the molecule is CCCN(CC)Cc1cccc(NN)n1. The van der Waals surface area contributed by atoms with E-state index < -0.39 is 0 Å². The molecule has 0 aliphatic heterocycles. The van der Waals surface area contributed by atoms with Gasteiger partial charge in [-0.25, -0.2) is 10.8 Å². The summed E-state index contributed by atoms with van der Waals surface area (Å²) in [6, 6.07) is 5.86. The minimum atomic E-state index is 0.722. The molecule has 1 aromatic rings. The van der Waals surface area contributed by atoms with Gasteiger partial charge < -0.3 is 5.43 Å². The summed E-state index contributed by atoms with van der Waals surface area (Å²) < 4.78 is 0. The van der Waals surface area contributed by atoms with Gasteiger partial charge in [-0.15, -0.1) is 0 Å². The molecule has 0 spiro atoms. The van der Waals surface area contributed by atoms with Crippen molar-refractivity contribution in [1.82, 2.24) is 9.88 Å². The Bertz CT molecular complexity index is 288. The quantitative estimate of drug-likeness (QED) is 0.551. The molecule has 84 valence electrons. The predicted molar refractivity (Wildman–Crippen MR) is 63.3 cm³/mol. The van der Waals surface area contributed by atoms with E-state index in [1.807, 2.05) is 18.2 Å². The summed E-state index contributed by atoms with van der Waals surface area (Å²) in [6.45, 7) is 7.41. The fraction of sp³-hybridized carbons (Fsp3) is 0.545. The predicted octanol–water partition coefficient (Wildman–Crippen LogP) is 1.60. The van der Waals surface area contributed by atoms with Crippen molar-refractivity contribution in [1.29, 1.82) is 0 Å². The van der Waals surface area contributed by atoms with Gasteiger partial charge in [0.25, 0.3) is 0 Å². The number of nitrogens with two attached hydrogens (primary N) is 1. The molecule has 0 aliphatic carbocycles. The van der Waals surface area contributed by atoms with E-state index in [4.69, 9.17) is 5.84 Å². The van der Waals surface area contributed by atoms with Gasteiger partial charge in [-0.1, -0.05) is 19.9 Å². The monoisotopic (exact) mass is 208 g/mol. The van der Waals surface area contributed by atoms with E-state index in [2.05, 4.69) is 29.2 Å². The van der Waals surface area contributed by atoms with Gasteiger partial charge in [0.15, 0.2) is 0 Å². The van der Waals surface area contributed by atoms with Crippen LogP contribution in [0.5, 0.6) is 0 Å². The van der Waals surface area contributed by atoms with Crippen LogP contribution in [-0.2, 0) is 6.54 Å². The van der Waals surface area contributed by atoms with Crippen LogP contribution in [0.25, 0.3) is 0 Å². The number of rotatable bonds is 6. The van der Waals surface area contributed by atoms with E-state index in [1.165, 1.54) is 6.42 Å². The minimum Gasteiger partial charge on any atom is -0.308 e. The van der Waals surface area contributed by atoms with E-state index >= 15 is 0 Å². The Morgan fingerprint density at radius 3 is 2.80 bits per heavy atom. The van der Waals surface area contributed by atoms with Gasteiger partial charge in [0, 0.05) is 6.54 Å². The van der Waals surface area contributed by atoms with Crippen LogP contribution in [0, 0.1) is 0 Å². The molecule has 0 saturated heterocycles. The first kappa shape index (κ1) is 11.9. The van der Waals surface area contributed by atoms with E-state index in [-0.39, 0.29) is 0 Å². The number of hydrogen-bond acceptors (Lipinski definition) is 4. The molecule has 4 heteroatoms. The molecule has 4 nitrogen and oxygen atoms in total. The van der Waals surface area contributed by atoms with Gasteiger partial charge >= 0.3 is 0 Å². The number of nitrogens with zero attached hydrogens (tertiary/aromatic N) is 2. The second-order valence-corrected chi connectivity index (χ2v) is 3.53. The molecule has 0 aliphatic rings. The third kappa shape index (κ3) is 3.85. The first-order valence-electron chi connectivity index (χ1n) is 5.45. The lowest BCUT2D eigenvalue weighted by Crippen LogP contribution is -2.24. The third-order valence-corrected chi connectivity index (χ3v) is 2.33. The molecule has 1 heterocycles. The Balaban J connectivity index is 2.61. The van der Waals surface area contributed by atoms with Gasteiger partial charge in [0.05, 0.1) is 5.69 Å². The fourth-order valence-electron chi connectivity index (χ4n) is 1.54. The molecule has 0 aromatic carbocycles. The molecule has 0 unspecified atom stereocenters. The zero-order valence-corrected chi connectivity index (χ0v) is 9.53. The number of pyridine rings is 1. The largest absolute Gasteiger partial charge is 0.308 e. The van der Waals surface area contributed by atoms with Crippen molar-refractivity contribution in [3.63, 3.8) is 0 Å². The topological polar surface area (TPSA) is 54.2 Å². The lowest BCUT2D eigenvalue weighted by atomic mass is 10.3. The molecular weight excluding hydrogens is 188 g/mol. The van der Waals surface area contributed by atoms with Crippen molar-refractivity contribution in [2.75, 3.05) is 18.5 Å². The highest BCUT2D eigenvalue weighted by molar-refractivity contribution is 5.33. The smallest absolute Gasteiger partial charge is 0.140 e. The first-order chi connectivity index (χ1) is 7.30. The Labute approximate surface area is 91.5 Å². The molecule has 0 saturated carbocycles. The van der Waals surface area contributed by atoms with Crippen LogP contribution >= 0.6 is 0 Å². The molecule has 0 fully saturated rings. The van der Waals surface area contributed by atoms with Crippen LogP contribution in [0.3, 0.4) is 0 Å². The Morgan fingerprint density at radius 1 is 1.40 bits per heavy atom. The van der Waals surface area contributed by atoms with Gasteiger partial charge in [-0.3, -0.25) is 4.90 Å². The van der Waals surface area contributed by atoms with E-state index in [1.54, 1.807) is 0 Å². The lowest BCUT2D eigenvalue weighted by molar-refractivity contribution is 0.277. The van der Waals surface area contributed by atoms with Crippen molar-refractivity contribution in [3.8, 4) is 0 Å². The summed E-state index contributed by atoms with van der Waals surface area (Å²) in [5, 5.41) is 0. The molecular formula is C11H20N4. The molecule has 1 rings (SSSR count). The van der Waals surface area contributed by atoms with Crippen LogP contribution < -0.4 is 11.3 Å². The van der Waals surface area contributed by atoms with Crippen molar-refractivity contribution >= 4 is 5.82 Å². The zero-order chi connectivity index (χ0) is 11.1. The lowest BCUT2D eigenvalue weighted by Gasteiger charge is -2.19. The number of anilines is 1. The van der Waals surface area contributed by atoms with Crippen molar-refractivity contribution in [2.45, 2.75) is 26.8 Å². The van der Waals surface area contributed by atoms with E-state index in [0.29, 0.717) is 0 Å². The van der Waals surface area contributed by atoms with Crippen LogP contribution in [0.15, 0.2) is 18.2 Å². The Morgan fingerprint density at radius 2 is 2.20 bits per heavy atom. The molecule has 0 amide bonds. The van der Waals surface area contributed by atoms with E-state index in [0.717, 1.165) is 31.1 Å². The molecule has 0 bridgehead atoms. The van der Waals surface area contributed by atoms with Crippen LogP contribution in [0.4, 0.5) is 5.82 Å². The summed E-state index contributed by atoms with van der Waals surface area (Å²) in [4.78, 5) is 6.75. The highest BCUT2D eigenvalue weighted by Gasteiger charge is 2.03. The maximum Gasteiger partial charge on any atom is 0.140 e. The standard InChI is InChI=1S/C11H20N4/c1-3-8-15(4-2)9-10-6-5-7-11(13-10)14-12/h5-7H,3-4,8-9,12H2,1-2H3,(H,13,14). The fourth-order valence-corrected chi connectivity index (χ4v) is 1.54. The van der Waals surface area contributed by atoms with Crippen LogP contribution in [-0.4, -0.2) is 23.0 Å². The Kier molecular flexibility index (Phi) is 5.07. The molecule has 3 N–H and O–H groups in total. The maximum atomic E-state index is 5.31. The van der Waals surface area contributed by atoms with Crippen molar-refractivity contribution in [2.24, 2.45) is 5.84 Å². The average Bonchev–Trinajstić information content (AvgIpc) is 2.29. The number of nitrogens with one attached hydrogen (secondary N) is 1.